The molecule has 1 heterocycles. The number of unbranched alkanes of at least 4 members (excludes halogenated alkanes) is 5. The molecule has 114 valence electrons. The van der Waals surface area contributed by atoms with Crippen LogP contribution in [0.15, 0.2) is 0 Å². The second-order valence-corrected chi connectivity index (χ2v) is 9.90. The summed E-state index contributed by atoms with van der Waals surface area (Å²) < 4.78 is 2.89. The molecule has 19 heavy (non-hydrogen) atoms. The summed E-state index contributed by atoms with van der Waals surface area (Å²) in [6.07, 6.45) is 15.7. The van der Waals surface area contributed by atoms with Gasteiger partial charge in [0, 0.05) is 12.3 Å². The van der Waals surface area contributed by atoms with E-state index in [2.05, 4.69) is 38.2 Å². The standard InChI is InChI=1S/C17H36NP/c1-5-9-11-12-13-15-19(8-4)16-18(19)17(7-3)14-10-6-2/h8,17H,5-7,9-16H2,1-4H3. The summed E-state index contributed by atoms with van der Waals surface area (Å²) in [7, 11) is -0.737. The Balaban J connectivity index is 2.34. The molecule has 1 aliphatic rings. The lowest BCUT2D eigenvalue weighted by molar-refractivity contribution is 0.392. The average Bonchev–Trinajstić information content (AvgIpc) is 3.15. The van der Waals surface area contributed by atoms with Crippen LogP contribution in [-0.2, 0) is 0 Å². The fourth-order valence-corrected chi connectivity index (χ4v) is 7.19. The van der Waals surface area contributed by atoms with Crippen LogP contribution in [0.4, 0.5) is 0 Å². The lowest BCUT2D eigenvalue weighted by atomic mass is 10.1. The average molecular weight is 285 g/mol. The van der Waals surface area contributed by atoms with Gasteiger partial charge in [0.25, 0.3) is 0 Å². The molecule has 0 spiro atoms. The molecule has 0 aromatic carbocycles. The summed E-state index contributed by atoms with van der Waals surface area (Å²) in [5.41, 5.74) is 0. The Morgan fingerprint density at radius 2 is 1.68 bits per heavy atom. The molecule has 0 saturated carbocycles. The fourth-order valence-electron chi connectivity index (χ4n) is 3.21. The minimum absolute atomic E-state index is 0.737. The molecule has 0 aromatic rings. The van der Waals surface area contributed by atoms with Gasteiger partial charge in [-0.2, -0.15) is 0 Å². The van der Waals surface area contributed by atoms with Gasteiger partial charge in [-0.1, -0.05) is 65.1 Å². The van der Waals surface area contributed by atoms with E-state index in [-0.39, 0.29) is 0 Å². The van der Waals surface area contributed by atoms with Gasteiger partial charge in [-0.05, 0) is 39.4 Å². The highest BCUT2D eigenvalue weighted by Gasteiger charge is 2.43. The number of nitrogens with zero attached hydrogens (tertiary/aromatic N) is 1. The van der Waals surface area contributed by atoms with Gasteiger partial charge >= 0.3 is 0 Å². The maximum atomic E-state index is 2.89. The highest BCUT2D eigenvalue weighted by atomic mass is 31.2. The number of rotatable bonds is 11. The summed E-state index contributed by atoms with van der Waals surface area (Å²) in [4.78, 5) is 0. The topological polar surface area (TPSA) is 3.01 Å². The largest absolute Gasteiger partial charge is 0.274 e. The molecular weight excluding hydrogens is 249 g/mol. The van der Waals surface area contributed by atoms with Crippen LogP contribution in [0.5, 0.6) is 0 Å². The van der Waals surface area contributed by atoms with Crippen LogP contribution in [-0.4, -0.2) is 29.0 Å². The van der Waals surface area contributed by atoms with Crippen LogP contribution in [0, 0.1) is 0 Å². The molecule has 1 rings (SSSR count). The van der Waals surface area contributed by atoms with Crippen LogP contribution in [0.2, 0.25) is 0 Å². The second-order valence-electron chi connectivity index (χ2n) is 6.17. The third-order valence-electron chi connectivity index (χ3n) is 4.73. The molecule has 0 bridgehead atoms. The van der Waals surface area contributed by atoms with Gasteiger partial charge in [0.1, 0.15) is 0 Å². The van der Waals surface area contributed by atoms with E-state index in [4.69, 9.17) is 0 Å². The van der Waals surface area contributed by atoms with Crippen molar-refractivity contribution in [3.8, 4) is 0 Å². The highest BCUT2D eigenvalue weighted by Crippen LogP contribution is 2.68. The zero-order chi connectivity index (χ0) is 14.1. The molecular formula is C17H36NP. The van der Waals surface area contributed by atoms with Crippen LogP contribution >= 0.6 is 7.04 Å². The predicted octanol–water partition coefficient (Wildman–Crippen LogP) is 5.95. The normalized spacial score (nSPS) is 27.3. The monoisotopic (exact) mass is 285 g/mol. The van der Waals surface area contributed by atoms with Crippen molar-refractivity contribution in [3.05, 3.63) is 0 Å². The van der Waals surface area contributed by atoms with E-state index in [0.29, 0.717) is 0 Å². The Morgan fingerprint density at radius 3 is 2.26 bits per heavy atom. The molecule has 0 N–H and O–H groups in total. The van der Waals surface area contributed by atoms with Gasteiger partial charge < -0.3 is 0 Å². The number of hydrogen-bond acceptors (Lipinski definition) is 1. The van der Waals surface area contributed by atoms with Gasteiger partial charge in [-0.15, -0.1) is 0 Å². The molecule has 1 aliphatic heterocycles. The molecule has 3 atom stereocenters. The Morgan fingerprint density at radius 1 is 1.00 bits per heavy atom. The Hall–Kier alpha value is 0.260. The predicted molar refractivity (Wildman–Crippen MR) is 92.6 cm³/mol. The molecule has 0 radical (unpaired) electrons. The van der Waals surface area contributed by atoms with Gasteiger partial charge in [0.15, 0.2) is 0 Å². The zero-order valence-electron chi connectivity index (χ0n) is 13.8. The summed E-state index contributed by atoms with van der Waals surface area (Å²) in [5, 5.41) is 0. The maximum absolute atomic E-state index is 2.89. The van der Waals surface area contributed by atoms with E-state index in [9.17, 15) is 0 Å². The number of hydrogen-bond donors (Lipinski definition) is 0. The zero-order valence-corrected chi connectivity index (χ0v) is 14.7. The minimum Gasteiger partial charge on any atom is -0.274 e. The summed E-state index contributed by atoms with van der Waals surface area (Å²) in [5.74, 6) is 2.60. The van der Waals surface area contributed by atoms with Crippen LogP contribution in [0.1, 0.15) is 85.5 Å². The first kappa shape index (κ1) is 17.3. The van der Waals surface area contributed by atoms with E-state index in [1.54, 1.807) is 0 Å². The first-order valence-electron chi connectivity index (χ1n) is 8.68. The molecule has 1 nitrogen and oxygen atoms in total. The van der Waals surface area contributed by atoms with E-state index in [0.717, 1.165) is 6.04 Å². The van der Waals surface area contributed by atoms with Crippen molar-refractivity contribution in [2.45, 2.75) is 91.5 Å². The molecule has 0 aliphatic carbocycles. The highest BCUT2D eigenvalue weighted by molar-refractivity contribution is 7.78. The fraction of sp³-hybridized carbons (Fsp3) is 0.941. The van der Waals surface area contributed by atoms with Crippen molar-refractivity contribution in [3.63, 3.8) is 0 Å². The van der Waals surface area contributed by atoms with Gasteiger partial charge in [-0.25, -0.2) is 0 Å². The van der Waals surface area contributed by atoms with Crippen molar-refractivity contribution in [1.29, 1.82) is 0 Å². The van der Waals surface area contributed by atoms with Crippen molar-refractivity contribution in [2.75, 3.05) is 12.4 Å². The second kappa shape index (κ2) is 9.24. The molecule has 3 unspecified atom stereocenters. The minimum atomic E-state index is -0.737. The SMILES string of the molecule is CC=P1(CCCCCCC)CN1C(CC)CCCC. The summed E-state index contributed by atoms with van der Waals surface area (Å²) in [6.45, 7) is 9.32. The lowest BCUT2D eigenvalue weighted by Gasteiger charge is -2.19. The van der Waals surface area contributed by atoms with Crippen LogP contribution in [0.3, 0.4) is 0 Å². The van der Waals surface area contributed by atoms with Gasteiger partial charge in [-0.3, -0.25) is 4.67 Å². The maximum Gasteiger partial charge on any atom is 0.0344 e. The van der Waals surface area contributed by atoms with Gasteiger partial charge in [0.2, 0.25) is 0 Å². The third-order valence-corrected chi connectivity index (χ3v) is 8.74. The first-order chi connectivity index (χ1) is 9.24. The third kappa shape index (κ3) is 5.27. The van der Waals surface area contributed by atoms with Gasteiger partial charge in [0.05, 0.1) is 0 Å². The van der Waals surface area contributed by atoms with E-state index < -0.39 is 7.04 Å². The smallest absolute Gasteiger partial charge is 0.0344 e. The van der Waals surface area contributed by atoms with Crippen LogP contribution in [0.25, 0.3) is 0 Å². The van der Waals surface area contributed by atoms with Crippen molar-refractivity contribution in [1.82, 2.24) is 4.67 Å². The molecule has 1 fully saturated rings. The van der Waals surface area contributed by atoms with E-state index in [1.165, 1.54) is 70.2 Å². The van der Waals surface area contributed by atoms with Crippen molar-refractivity contribution in [2.24, 2.45) is 0 Å². The summed E-state index contributed by atoms with van der Waals surface area (Å²) >= 11 is 0. The summed E-state index contributed by atoms with van der Waals surface area (Å²) in [6, 6.07) is 0.889. The molecule has 2 heteroatoms. The lowest BCUT2D eigenvalue weighted by Crippen LogP contribution is -2.16. The first-order valence-corrected chi connectivity index (χ1v) is 10.9. The molecule has 0 amide bonds. The van der Waals surface area contributed by atoms with E-state index >= 15 is 0 Å². The van der Waals surface area contributed by atoms with Crippen molar-refractivity contribution >= 4 is 12.8 Å². The van der Waals surface area contributed by atoms with Crippen molar-refractivity contribution < 1.29 is 0 Å². The molecule has 0 aromatic heterocycles. The molecule has 1 saturated heterocycles. The Labute approximate surface area is 122 Å². The quantitative estimate of drug-likeness (QED) is 0.257. The Kier molecular flexibility index (Phi) is 8.42. The Bertz CT molecular complexity index is 285. The van der Waals surface area contributed by atoms with Crippen LogP contribution < -0.4 is 0 Å². The van der Waals surface area contributed by atoms with E-state index in [1.807, 2.05) is 0 Å².